The van der Waals surface area contributed by atoms with E-state index in [4.69, 9.17) is 9.47 Å². The minimum absolute atomic E-state index is 0.145. The summed E-state index contributed by atoms with van der Waals surface area (Å²) in [7, 11) is -2.39. The summed E-state index contributed by atoms with van der Waals surface area (Å²) in [4.78, 5) is 10.3. The maximum Gasteiger partial charge on any atom is 0.270 e. The molecule has 10 nitrogen and oxygen atoms in total. The van der Waals surface area contributed by atoms with Crippen LogP contribution in [0.4, 0.5) is 11.4 Å². The van der Waals surface area contributed by atoms with E-state index < -0.39 is 14.9 Å². The van der Waals surface area contributed by atoms with Gasteiger partial charge in [-0.1, -0.05) is 0 Å². The number of benzene rings is 2. The van der Waals surface area contributed by atoms with Crippen LogP contribution in [0, 0.1) is 10.1 Å². The van der Waals surface area contributed by atoms with Crippen molar-refractivity contribution in [3.8, 4) is 5.75 Å². The lowest BCUT2D eigenvalue weighted by Crippen LogP contribution is -2.40. The van der Waals surface area contributed by atoms with Crippen molar-refractivity contribution in [3.63, 3.8) is 0 Å². The highest BCUT2D eigenvalue weighted by atomic mass is 32.2. The Bertz CT molecular complexity index is 1000. The lowest BCUT2D eigenvalue weighted by Gasteiger charge is -2.26. The number of hydrogen-bond donors (Lipinski definition) is 1. The molecule has 3 rings (SSSR count). The maximum absolute atomic E-state index is 13.0. The van der Waals surface area contributed by atoms with Crippen LogP contribution in [0.2, 0.25) is 0 Å². The number of rotatable bonds is 7. The van der Waals surface area contributed by atoms with Gasteiger partial charge in [0, 0.05) is 25.2 Å². The molecule has 0 aliphatic carbocycles. The SMILES string of the molecule is COc1ccc(/C=N\Nc2ccc([N+](=O)[O-])cc2S(=O)(=O)N2CCOCC2)cc1. The number of methoxy groups -OCH3 is 1. The molecule has 0 amide bonds. The number of non-ortho nitro benzene ring substituents is 1. The summed E-state index contributed by atoms with van der Waals surface area (Å²) in [5, 5.41) is 15.2. The molecule has 1 fully saturated rings. The zero-order valence-electron chi connectivity index (χ0n) is 15.6. The van der Waals surface area contributed by atoms with Gasteiger partial charge in [0.25, 0.3) is 5.69 Å². The summed E-state index contributed by atoms with van der Waals surface area (Å²) in [5.74, 6) is 0.698. The summed E-state index contributed by atoms with van der Waals surface area (Å²) in [6.07, 6.45) is 1.51. The molecule has 0 radical (unpaired) electrons. The molecular formula is C18H20N4O6S. The first kappa shape index (κ1) is 20.7. The van der Waals surface area contributed by atoms with Crippen LogP contribution in [0.3, 0.4) is 0 Å². The molecule has 154 valence electrons. The average Bonchev–Trinajstić information content (AvgIpc) is 2.75. The molecule has 0 bridgehead atoms. The monoisotopic (exact) mass is 420 g/mol. The maximum atomic E-state index is 13.0. The van der Waals surface area contributed by atoms with E-state index in [9.17, 15) is 18.5 Å². The van der Waals surface area contributed by atoms with Crippen molar-refractivity contribution in [1.29, 1.82) is 0 Å². The Hall–Kier alpha value is -3.02. The first-order chi connectivity index (χ1) is 13.9. The van der Waals surface area contributed by atoms with Gasteiger partial charge in [-0.2, -0.15) is 9.41 Å². The van der Waals surface area contributed by atoms with Gasteiger partial charge in [0.15, 0.2) is 0 Å². The minimum Gasteiger partial charge on any atom is -0.497 e. The Labute approximate surface area is 167 Å². The number of ether oxygens (including phenoxy) is 2. The number of hydrazone groups is 1. The Morgan fingerprint density at radius 3 is 2.52 bits per heavy atom. The summed E-state index contributed by atoms with van der Waals surface area (Å²) >= 11 is 0. The Morgan fingerprint density at radius 2 is 1.90 bits per heavy atom. The molecule has 11 heteroatoms. The molecule has 1 heterocycles. The van der Waals surface area contributed by atoms with Gasteiger partial charge in [-0.3, -0.25) is 15.5 Å². The topological polar surface area (TPSA) is 123 Å². The van der Waals surface area contributed by atoms with Crippen molar-refractivity contribution in [2.75, 3.05) is 38.8 Å². The van der Waals surface area contributed by atoms with Crippen LogP contribution in [0.25, 0.3) is 0 Å². The summed E-state index contributed by atoms with van der Waals surface area (Å²) in [6, 6.07) is 10.7. The van der Waals surface area contributed by atoms with Gasteiger partial charge < -0.3 is 9.47 Å². The second kappa shape index (κ2) is 8.99. The standard InChI is InChI=1S/C18H20N4O6S/c1-27-16-5-2-14(3-6-16)13-19-20-17-7-4-15(22(23)24)12-18(17)29(25,26)21-8-10-28-11-9-21/h2-7,12-13,20H,8-11H2,1H3/b19-13-. The molecule has 0 unspecified atom stereocenters. The number of morpholine rings is 1. The summed E-state index contributed by atoms with van der Waals surface area (Å²) in [5.41, 5.74) is 3.27. The van der Waals surface area contributed by atoms with Crippen molar-refractivity contribution >= 4 is 27.6 Å². The van der Waals surface area contributed by atoms with E-state index in [0.717, 1.165) is 11.6 Å². The molecule has 0 saturated carbocycles. The Kier molecular flexibility index (Phi) is 6.42. The van der Waals surface area contributed by atoms with Crippen LogP contribution in [0.5, 0.6) is 5.75 Å². The van der Waals surface area contributed by atoms with Crippen molar-refractivity contribution < 1.29 is 22.8 Å². The molecule has 2 aromatic rings. The van der Waals surface area contributed by atoms with Gasteiger partial charge in [-0.15, -0.1) is 0 Å². The third-order valence-corrected chi connectivity index (χ3v) is 6.22. The Balaban J connectivity index is 1.89. The van der Waals surface area contributed by atoms with Gasteiger partial charge in [-0.25, -0.2) is 8.42 Å². The molecule has 29 heavy (non-hydrogen) atoms. The fourth-order valence-corrected chi connectivity index (χ4v) is 4.29. The van der Waals surface area contributed by atoms with Gasteiger partial charge in [0.05, 0.1) is 37.1 Å². The van der Waals surface area contributed by atoms with Crippen LogP contribution in [-0.4, -0.2) is 57.3 Å². The number of anilines is 1. The van der Waals surface area contributed by atoms with Gasteiger partial charge in [-0.05, 0) is 35.9 Å². The predicted molar refractivity (Wildman–Crippen MR) is 107 cm³/mol. The number of nitrogens with zero attached hydrogens (tertiary/aromatic N) is 3. The molecule has 0 atom stereocenters. The van der Waals surface area contributed by atoms with E-state index >= 15 is 0 Å². The number of nitro groups is 1. The average molecular weight is 420 g/mol. The van der Waals surface area contributed by atoms with E-state index in [2.05, 4.69) is 10.5 Å². The molecule has 1 aliphatic heterocycles. The normalized spacial score (nSPS) is 15.3. The number of nitro benzene ring substituents is 1. The minimum atomic E-state index is -3.96. The van der Waals surface area contributed by atoms with E-state index in [1.807, 2.05) is 0 Å². The zero-order valence-corrected chi connectivity index (χ0v) is 16.5. The molecular weight excluding hydrogens is 400 g/mol. The lowest BCUT2D eigenvalue weighted by molar-refractivity contribution is -0.385. The van der Waals surface area contributed by atoms with Crippen molar-refractivity contribution in [2.45, 2.75) is 4.90 Å². The highest BCUT2D eigenvalue weighted by molar-refractivity contribution is 7.89. The molecule has 1 N–H and O–H groups in total. The first-order valence-corrected chi connectivity index (χ1v) is 10.2. The third kappa shape index (κ3) is 4.88. The lowest BCUT2D eigenvalue weighted by atomic mass is 10.2. The number of nitrogens with one attached hydrogen (secondary N) is 1. The largest absolute Gasteiger partial charge is 0.497 e. The fourth-order valence-electron chi connectivity index (χ4n) is 2.72. The van der Waals surface area contributed by atoms with Crippen molar-refractivity contribution in [2.24, 2.45) is 5.10 Å². The van der Waals surface area contributed by atoms with Gasteiger partial charge in [0.2, 0.25) is 10.0 Å². The van der Waals surface area contributed by atoms with Crippen LogP contribution in [0.1, 0.15) is 5.56 Å². The van der Waals surface area contributed by atoms with Gasteiger partial charge >= 0.3 is 0 Å². The zero-order chi connectivity index (χ0) is 20.9. The van der Waals surface area contributed by atoms with Crippen LogP contribution < -0.4 is 10.2 Å². The van der Waals surface area contributed by atoms with E-state index in [0.29, 0.717) is 5.75 Å². The van der Waals surface area contributed by atoms with Crippen molar-refractivity contribution in [1.82, 2.24) is 4.31 Å². The molecule has 0 spiro atoms. The number of sulfonamides is 1. The Morgan fingerprint density at radius 1 is 1.21 bits per heavy atom. The summed E-state index contributed by atoms with van der Waals surface area (Å²) < 4.78 is 37.6. The predicted octanol–water partition coefficient (Wildman–Crippen LogP) is 2.07. The van der Waals surface area contributed by atoms with E-state index in [-0.39, 0.29) is 42.6 Å². The highest BCUT2D eigenvalue weighted by Crippen LogP contribution is 2.29. The van der Waals surface area contributed by atoms with Crippen LogP contribution in [-0.2, 0) is 14.8 Å². The quantitative estimate of drug-likeness (QED) is 0.413. The first-order valence-electron chi connectivity index (χ1n) is 8.71. The van der Waals surface area contributed by atoms with Crippen LogP contribution >= 0.6 is 0 Å². The van der Waals surface area contributed by atoms with E-state index in [1.54, 1.807) is 31.4 Å². The van der Waals surface area contributed by atoms with Crippen molar-refractivity contribution in [3.05, 3.63) is 58.1 Å². The smallest absolute Gasteiger partial charge is 0.270 e. The molecule has 2 aromatic carbocycles. The molecule has 1 aliphatic rings. The third-order valence-electron chi connectivity index (χ3n) is 4.28. The van der Waals surface area contributed by atoms with Crippen LogP contribution in [0.15, 0.2) is 52.5 Å². The second-order valence-electron chi connectivity index (χ2n) is 6.10. The van der Waals surface area contributed by atoms with E-state index in [1.165, 1.54) is 22.7 Å². The molecule has 0 aromatic heterocycles. The highest BCUT2D eigenvalue weighted by Gasteiger charge is 2.30. The second-order valence-corrected chi connectivity index (χ2v) is 8.00. The molecule has 1 saturated heterocycles. The summed E-state index contributed by atoms with van der Waals surface area (Å²) in [6.45, 7) is 0.901. The number of hydrogen-bond acceptors (Lipinski definition) is 8. The fraction of sp³-hybridized carbons (Fsp3) is 0.278. The van der Waals surface area contributed by atoms with Gasteiger partial charge in [0.1, 0.15) is 10.6 Å².